The molecular weight excluding hydrogens is 312 g/mol. The first-order chi connectivity index (χ1) is 10.9. The van der Waals surface area contributed by atoms with Crippen molar-refractivity contribution >= 4 is 20.7 Å². The average Bonchev–Trinajstić information content (AvgIpc) is 2.75. The number of rotatable bonds is 2. The van der Waals surface area contributed by atoms with E-state index in [9.17, 15) is 13.2 Å². The van der Waals surface area contributed by atoms with Crippen molar-refractivity contribution < 1.29 is 8.42 Å². The highest BCUT2D eigenvalue weighted by atomic mass is 32.2. The largest absolute Gasteiger partial charge is 0.322 e. The Balaban J connectivity index is 1.71. The Hall–Kier alpha value is -1.66. The SMILES string of the molecule is CN1[C@@H]2CC[C@H]1C[C@H](S(=O)(=O)c1ccc3[nH]c(=O)ccc3c1)C2. The third-order valence-electron chi connectivity index (χ3n) is 5.52. The van der Waals surface area contributed by atoms with E-state index in [0.717, 1.165) is 31.1 Å². The number of hydrogen-bond donors (Lipinski definition) is 1. The minimum absolute atomic E-state index is 0.181. The van der Waals surface area contributed by atoms with Gasteiger partial charge < -0.3 is 9.88 Å². The predicted octanol–water partition coefficient (Wildman–Crippen LogP) is 1.93. The summed E-state index contributed by atoms with van der Waals surface area (Å²) >= 11 is 0. The molecule has 0 saturated carbocycles. The summed E-state index contributed by atoms with van der Waals surface area (Å²) in [5.74, 6) is 0. The maximum Gasteiger partial charge on any atom is 0.248 e. The summed E-state index contributed by atoms with van der Waals surface area (Å²) in [4.78, 5) is 16.8. The van der Waals surface area contributed by atoms with Gasteiger partial charge in [-0.15, -0.1) is 0 Å². The third kappa shape index (κ3) is 2.40. The Labute approximate surface area is 135 Å². The quantitative estimate of drug-likeness (QED) is 0.912. The molecule has 1 aromatic carbocycles. The van der Waals surface area contributed by atoms with Crippen LogP contribution in [0.5, 0.6) is 0 Å². The average molecular weight is 332 g/mol. The minimum atomic E-state index is -3.33. The Morgan fingerprint density at radius 1 is 1.09 bits per heavy atom. The number of H-pyrrole nitrogens is 1. The zero-order chi connectivity index (χ0) is 16.2. The molecule has 2 aliphatic rings. The number of pyridine rings is 1. The van der Waals surface area contributed by atoms with Crippen molar-refractivity contribution in [2.24, 2.45) is 0 Å². The summed E-state index contributed by atoms with van der Waals surface area (Å²) in [5.41, 5.74) is 0.486. The molecule has 5 nitrogen and oxygen atoms in total. The molecule has 2 saturated heterocycles. The zero-order valence-corrected chi connectivity index (χ0v) is 13.8. The molecule has 3 atom stereocenters. The molecule has 0 spiro atoms. The molecule has 0 unspecified atom stereocenters. The van der Waals surface area contributed by atoms with Crippen LogP contribution in [-0.2, 0) is 9.84 Å². The van der Waals surface area contributed by atoms with Crippen molar-refractivity contribution in [2.75, 3.05) is 7.05 Å². The van der Waals surface area contributed by atoms with E-state index in [1.807, 2.05) is 0 Å². The lowest BCUT2D eigenvalue weighted by molar-refractivity contribution is 0.180. The molecule has 0 amide bonds. The topological polar surface area (TPSA) is 70.2 Å². The van der Waals surface area contributed by atoms with Crippen molar-refractivity contribution in [1.82, 2.24) is 9.88 Å². The smallest absolute Gasteiger partial charge is 0.248 e. The van der Waals surface area contributed by atoms with Crippen LogP contribution in [0.15, 0.2) is 40.0 Å². The van der Waals surface area contributed by atoms with Crippen LogP contribution in [0, 0.1) is 0 Å². The first-order valence-corrected chi connectivity index (χ1v) is 9.59. The lowest BCUT2D eigenvalue weighted by Crippen LogP contribution is -2.44. The Morgan fingerprint density at radius 3 is 2.48 bits per heavy atom. The molecule has 0 radical (unpaired) electrons. The highest BCUT2D eigenvalue weighted by molar-refractivity contribution is 7.92. The minimum Gasteiger partial charge on any atom is -0.322 e. The molecule has 2 aromatic rings. The van der Waals surface area contributed by atoms with Gasteiger partial charge in [-0.1, -0.05) is 0 Å². The van der Waals surface area contributed by atoms with Gasteiger partial charge in [0.1, 0.15) is 0 Å². The maximum absolute atomic E-state index is 13.0. The normalized spacial score (nSPS) is 28.3. The lowest BCUT2D eigenvalue weighted by atomic mass is 10.0. The second-order valence-corrected chi connectivity index (χ2v) is 8.99. The van der Waals surface area contributed by atoms with Crippen LogP contribution in [0.2, 0.25) is 0 Å². The van der Waals surface area contributed by atoms with Gasteiger partial charge in [0.15, 0.2) is 9.84 Å². The van der Waals surface area contributed by atoms with Crippen molar-refractivity contribution in [3.8, 4) is 0 Å². The Bertz CT molecular complexity index is 905. The first kappa shape index (κ1) is 14.9. The summed E-state index contributed by atoms with van der Waals surface area (Å²) < 4.78 is 26.1. The highest BCUT2D eigenvalue weighted by Gasteiger charge is 2.43. The second kappa shape index (κ2) is 5.18. The van der Waals surface area contributed by atoms with E-state index in [-0.39, 0.29) is 10.8 Å². The molecule has 6 heteroatoms. The van der Waals surface area contributed by atoms with Crippen LogP contribution in [0.25, 0.3) is 10.9 Å². The number of fused-ring (bicyclic) bond motifs is 3. The molecule has 1 N–H and O–H groups in total. The van der Waals surface area contributed by atoms with Crippen LogP contribution >= 0.6 is 0 Å². The van der Waals surface area contributed by atoms with Crippen LogP contribution < -0.4 is 5.56 Å². The summed E-state index contributed by atoms with van der Waals surface area (Å²) in [6.07, 6.45) is 3.65. The van der Waals surface area contributed by atoms with E-state index in [1.165, 1.54) is 6.07 Å². The molecule has 122 valence electrons. The lowest BCUT2D eigenvalue weighted by Gasteiger charge is -2.35. The molecule has 2 fully saturated rings. The number of aromatic nitrogens is 1. The highest BCUT2D eigenvalue weighted by Crippen LogP contribution is 2.38. The molecule has 1 aromatic heterocycles. The van der Waals surface area contributed by atoms with E-state index in [1.54, 1.807) is 24.3 Å². The number of nitrogens with zero attached hydrogens (tertiary/aromatic N) is 1. The molecule has 2 aliphatic heterocycles. The van der Waals surface area contributed by atoms with Crippen molar-refractivity contribution in [1.29, 1.82) is 0 Å². The van der Waals surface area contributed by atoms with Crippen LogP contribution in [0.3, 0.4) is 0 Å². The maximum atomic E-state index is 13.0. The van der Waals surface area contributed by atoms with Gasteiger partial charge in [0, 0.05) is 23.7 Å². The fourth-order valence-electron chi connectivity index (χ4n) is 4.12. The first-order valence-electron chi connectivity index (χ1n) is 8.04. The third-order valence-corrected chi connectivity index (χ3v) is 7.69. The van der Waals surface area contributed by atoms with Gasteiger partial charge in [-0.25, -0.2) is 8.42 Å². The standard InChI is InChI=1S/C17H20N2O3S/c1-19-12-3-4-13(19)10-15(9-12)23(21,22)14-5-6-16-11(8-14)2-7-17(20)18-16/h2,5-8,12-13,15H,3-4,9-10H2,1H3,(H,18,20)/t12-,13+,15-. The van der Waals surface area contributed by atoms with E-state index in [2.05, 4.69) is 16.9 Å². The van der Waals surface area contributed by atoms with Crippen molar-refractivity contribution in [2.45, 2.75) is 47.9 Å². The van der Waals surface area contributed by atoms with Crippen LogP contribution in [0.1, 0.15) is 25.7 Å². The van der Waals surface area contributed by atoms with Crippen LogP contribution in [0.4, 0.5) is 0 Å². The van der Waals surface area contributed by atoms with E-state index < -0.39 is 9.84 Å². The molecule has 4 rings (SSSR count). The molecule has 2 bridgehead atoms. The van der Waals surface area contributed by atoms with Crippen molar-refractivity contribution in [3.63, 3.8) is 0 Å². The van der Waals surface area contributed by atoms with Gasteiger partial charge in [-0.3, -0.25) is 4.79 Å². The second-order valence-electron chi connectivity index (χ2n) is 6.76. The zero-order valence-electron chi connectivity index (χ0n) is 13.0. The Morgan fingerprint density at radius 2 is 1.78 bits per heavy atom. The Kier molecular flexibility index (Phi) is 3.35. The summed E-state index contributed by atoms with van der Waals surface area (Å²) in [5, 5.41) is 0.456. The number of nitrogens with one attached hydrogen (secondary N) is 1. The van der Waals surface area contributed by atoms with Gasteiger partial charge in [-0.05, 0) is 62.4 Å². The molecule has 3 heterocycles. The summed E-state index contributed by atoms with van der Waals surface area (Å²) in [7, 11) is -1.22. The predicted molar refractivity (Wildman–Crippen MR) is 89.3 cm³/mol. The number of sulfone groups is 1. The summed E-state index contributed by atoms with van der Waals surface area (Å²) in [6, 6.07) is 8.87. The van der Waals surface area contributed by atoms with Gasteiger partial charge in [-0.2, -0.15) is 0 Å². The molecular formula is C17H20N2O3S. The fourth-order valence-corrected chi connectivity index (χ4v) is 6.00. The number of aromatic amines is 1. The van der Waals surface area contributed by atoms with E-state index >= 15 is 0 Å². The molecule has 23 heavy (non-hydrogen) atoms. The summed E-state index contributed by atoms with van der Waals surface area (Å²) in [6.45, 7) is 0. The fraction of sp³-hybridized carbons (Fsp3) is 0.471. The number of benzene rings is 1. The molecule has 0 aliphatic carbocycles. The van der Waals surface area contributed by atoms with E-state index in [4.69, 9.17) is 0 Å². The van der Waals surface area contributed by atoms with Gasteiger partial charge in [0.05, 0.1) is 10.1 Å². The van der Waals surface area contributed by atoms with Gasteiger partial charge in [0.25, 0.3) is 0 Å². The monoisotopic (exact) mass is 332 g/mol. The van der Waals surface area contributed by atoms with Gasteiger partial charge in [0.2, 0.25) is 5.56 Å². The number of hydrogen-bond acceptors (Lipinski definition) is 4. The van der Waals surface area contributed by atoms with E-state index in [0.29, 0.717) is 22.5 Å². The van der Waals surface area contributed by atoms with Gasteiger partial charge >= 0.3 is 0 Å². The number of piperidine rings is 1. The van der Waals surface area contributed by atoms with Crippen molar-refractivity contribution in [3.05, 3.63) is 40.7 Å². The van der Waals surface area contributed by atoms with Crippen LogP contribution in [-0.4, -0.2) is 42.7 Å².